The summed E-state index contributed by atoms with van der Waals surface area (Å²) >= 11 is 1.68. The normalized spacial score (nSPS) is 34.1. The molecule has 1 N–H and O–H groups in total. The number of hydrogen-bond donors (Lipinski definition) is 1. The molecule has 1 aromatic heterocycles. The number of nitrogens with zero attached hydrogens (tertiary/aromatic N) is 1. The Balaban J connectivity index is 2.01. The second-order valence-electron chi connectivity index (χ2n) is 6.02. The van der Waals surface area contributed by atoms with Gasteiger partial charge in [0.05, 0.1) is 0 Å². The van der Waals surface area contributed by atoms with Crippen LogP contribution in [0, 0.1) is 6.92 Å². The Hall–Kier alpha value is -1.05. The molecule has 0 saturated carbocycles. The van der Waals surface area contributed by atoms with Crippen molar-refractivity contribution in [1.82, 2.24) is 9.55 Å². The molecule has 0 spiro atoms. The van der Waals surface area contributed by atoms with E-state index in [-0.39, 0.29) is 28.4 Å². The van der Waals surface area contributed by atoms with Crippen molar-refractivity contribution in [3.63, 3.8) is 0 Å². The molecule has 2 fully saturated rings. The second-order valence-corrected chi connectivity index (χ2v) is 7.38. The number of rotatable bonds is 2. The molecule has 0 unspecified atom stereocenters. The van der Waals surface area contributed by atoms with Crippen LogP contribution in [0.2, 0.25) is 0 Å². The van der Waals surface area contributed by atoms with Gasteiger partial charge in [-0.3, -0.25) is 14.3 Å². The lowest BCUT2D eigenvalue weighted by Crippen LogP contribution is -2.37. The number of hydrogen-bond acceptors (Lipinski definition) is 5. The maximum atomic E-state index is 12.1. The van der Waals surface area contributed by atoms with Gasteiger partial charge in [0.15, 0.2) is 5.79 Å². The van der Waals surface area contributed by atoms with Gasteiger partial charge in [0.25, 0.3) is 5.56 Å². The zero-order chi connectivity index (χ0) is 15.4. The molecule has 1 aromatic rings. The summed E-state index contributed by atoms with van der Waals surface area (Å²) in [4.78, 5) is 26.0. The third-order valence-electron chi connectivity index (χ3n) is 3.95. The number of H-pyrrole nitrogens is 1. The highest BCUT2D eigenvalue weighted by Crippen LogP contribution is 2.51. The van der Waals surface area contributed by atoms with Gasteiger partial charge in [0.1, 0.15) is 17.6 Å². The van der Waals surface area contributed by atoms with Crippen LogP contribution in [0.4, 0.5) is 0 Å². The molecule has 2 saturated heterocycles. The van der Waals surface area contributed by atoms with Crippen LogP contribution in [0.15, 0.2) is 15.8 Å². The van der Waals surface area contributed by atoms with Crippen LogP contribution >= 0.6 is 11.8 Å². The third-order valence-corrected chi connectivity index (χ3v) is 5.67. The van der Waals surface area contributed by atoms with Crippen molar-refractivity contribution in [2.45, 2.75) is 62.7 Å². The lowest BCUT2D eigenvalue weighted by atomic mass is 10.1. The van der Waals surface area contributed by atoms with Gasteiger partial charge in [0.2, 0.25) is 0 Å². The van der Waals surface area contributed by atoms with Gasteiger partial charge < -0.3 is 9.47 Å². The Labute approximate surface area is 126 Å². The van der Waals surface area contributed by atoms with Gasteiger partial charge in [-0.1, -0.05) is 6.92 Å². The fourth-order valence-corrected chi connectivity index (χ4v) is 4.56. The van der Waals surface area contributed by atoms with Crippen molar-refractivity contribution in [3.05, 3.63) is 32.6 Å². The molecule has 0 aliphatic carbocycles. The smallest absolute Gasteiger partial charge is 0.329 e. The predicted octanol–water partition coefficient (Wildman–Crippen LogP) is 1.39. The zero-order valence-corrected chi connectivity index (χ0v) is 13.4. The van der Waals surface area contributed by atoms with Gasteiger partial charge in [-0.15, -0.1) is 11.8 Å². The molecular weight excluding hydrogens is 292 g/mol. The second kappa shape index (κ2) is 5.00. The summed E-state index contributed by atoms with van der Waals surface area (Å²) in [6, 6.07) is 0. The average molecular weight is 312 g/mol. The molecule has 0 aromatic carbocycles. The fraction of sp³-hybridized carbons (Fsp3) is 0.714. The first-order chi connectivity index (χ1) is 9.82. The van der Waals surface area contributed by atoms with Gasteiger partial charge in [-0.05, 0) is 27.2 Å². The molecule has 0 amide bonds. The quantitative estimate of drug-likeness (QED) is 0.893. The number of ether oxygens (including phenoxy) is 2. The van der Waals surface area contributed by atoms with Crippen molar-refractivity contribution in [1.29, 1.82) is 0 Å². The first-order valence-corrected chi connectivity index (χ1v) is 8.10. The number of aryl methyl sites for hydroxylation is 1. The van der Waals surface area contributed by atoms with E-state index in [0.717, 1.165) is 6.42 Å². The minimum absolute atomic E-state index is 0.0286. The Morgan fingerprint density at radius 1 is 1.33 bits per heavy atom. The van der Waals surface area contributed by atoms with Gasteiger partial charge in [-0.25, -0.2) is 4.79 Å². The van der Waals surface area contributed by atoms with Crippen molar-refractivity contribution >= 4 is 11.8 Å². The van der Waals surface area contributed by atoms with E-state index in [0.29, 0.717) is 5.56 Å². The summed E-state index contributed by atoms with van der Waals surface area (Å²) in [5.41, 5.74) is -0.219. The van der Waals surface area contributed by atoms with Crippen LogP contribution in [-0.2, 0) is 9.47 Å². The third kappa shape index (κ3) is 2.47. The molecule has 3 heterocycles. The summed E-state index contributed by atoms with van der Waals surface area (Å²) in [5, 5.41) is 0.102. The van der Waals surface area contributed by atoms with Crippen molar-refractivity contribution in [3.8, 4) is 0 Å². The maximum Gasteiger partial charge on any atom is 0.329 e. The molecule has 3 rings (SSSR count). The van der Waals surface area contributed by atoms with Crippen molar-refractivity contribution < 1.29 is 9.47 Å². The summed E-state index contributed by atoms with van der Waals surface area (Å²) in [7, 11) is 0. The topological polar surface area (TPSA) is 73.3 Å². The average Bonchev–Trinajstić information content (AvgIpc) is 2.87. The van der Waals surface area contributed by atoms with E-state index in [2.05, 4.69) is 11.9 Å². The molecule has 0 bridgehead atoms. The SMILES string of the molecule is CC[C@H]1S[C@@H](n2cc(C)c(=O)[nH]c2=O)[C@@H]2OC(C)(C)O[C@@H]21. The van der Waals surface area contributed by atoms with E-state index in [1.54, 1.807) is 29.4 Å². The summed E-state index contributed by atoms with van der Waals surface area (Å²) in [6.07, 6.45) is 2.35. The molecule has 0 radical (unpaired) electrons. The van der Waals surface area contributed by atoms with Crippen LogP contribution in [0.1, 0.15) is 38.1 Å². The predicted molar refractivity (Wildman–Crippen MR) is 80.6 cm³/mol. The van der Waals surface area contributed by atoms with E-state index < -0.39 is 11.5 Å². The monoisotopic (exact) mass is 312 g/mol. The largest absolute Gasteiger partial charge is 0.343 e. The molecule has 2 aliphatic heterocycles. The summed E-state index contributed by atoms with van der Waals surface area (Å²) in [6.45, 7) is 7.58. The molecule has 7 heteroatoms. The Morgan fingerprint density at radius 3 is 2.67 bits per heavy atom. The van der Waals surface area contributed by atoms with Gasteiger partial charge >= 0.3 is 5.69 Å². The van der Waals surface area contributed by atoms with Crippen LogP contribution in [0.5, 0.6) is 0 Å². The number of fused-ring (bicyclic) bond motifs is 1. The Kier molecular flexibility index (Phi) is 3.54. The van der Waals surface area contributed by atoms with Crippen LogP contribution in [0.3, 0.4) is 0 Å². The van der Waals surface area contributed by atoms with Crippen molar-refractivity contribution in [2.75, 3.05) is 0 Å². The molecule has 6 nitrogen and oxygen atoms in total. The Morgan fingerprint density at radius 2 is 2.00 bits per heavy atom. The van der Waals surface area contributed by atoms with E-state index in [1.165, 1.54) is 0 Å². The maximum absolute atomic E-state index is 12.1. The molecule has 4 atom stereocenters. The summed E-state index contributed by atoms with van der Waals surface area (Å²) < 4.78 is 13.6. The van der Waals surface area contributed by atoms with E-state index in [1.807, 2.05) is 13.8 Å². The highest BCUT2D eigenvalue weighted by molar-refractivity contribution is 8.00. The lowest BCUT2D eigenvalue weighted by molar-refractivity contribution is -0.148. The van der Waals surface area contributed by atoms with Crippen LogP contribution in [0.25, 0.3) is 0 Å². The minimum Gasteiger partial charge on any atom is -0.343 e. The standard InChI is InChI=1S/C14H20N2O4S/c1-5-8-9-10(20-14(3,4)19-9)12(21-8)16-6-7(2)11(17)15-13(16)18/h6,8-10,12H,5H2,1-4H3,(H,15,17,18)/t8-,9-,10-,12-/m1/s1. The van der Waals surface area contributed by atoms with E-state index in [4.69, 9.17) is 9.47 Å². The Bertz CT molecular complexity index is 666. The zero-order valence-electron chi connectivity index (χ0n) is 12.6. The first-order valence-electron chi connectivity index (χ1n) is 7.15. The lowest BCUT2D eigenvalue weighted by Gasteiger charge is -2.24. The molecule has 21 heavy (non-hydrogen) atoms. The molecule has 2 aliphatic rings. The number of nitrogens with one attached hydrogen (secondary N) is 1. The highest BCUT2D eigenvalue weighted by Gasteiger charge is 2.54. The van der Waals surface area contributed by atoms with Gasteiger partial charge in [0, 0.05) is 17.0 Å². The number of aromatic amines is 1. The highest BCUT2D eigenvalue weighted by atomic mass is 32.2. The summed E-state index contributed by atoms with van der Waals surface area (Å²) in [5.74, 6) is -0.636. The number of thioether (sulfide) groups is 1. The van der Waals surface area contributed by atoms with Gasteiger partial charge in [-0.2, -0.15) is 0 Å². The van der Waals surface area contributed by atoms with E-state index in [9.17, 15) is 9.59 Å². The van der Waals surface area contributed by atoms with Crippen LogP contribution < -0.4 is 11.2 Å². The number of aromatic nitrogens is 2. The molecular formula is C14H20N2O4S. The minimum atomic E-state index is -0.636. The van der Waals surface area contributed by atoms with Crippen LogP contribution in [-0.4, -0.2) is 32.8 Å². The molecule has 116 valence electrons. The van der Waals surface area contributed by atoms with E-state index >= 15 is 0 Å². The fourth-order valence-electron chi connectivity index (χ4n) is 2.99. The van der Waals surface area contributed by atoms with Crippen molar-refractivity contribution in [2.24, 2.45) is 0 Å². The first kappa shape index (κ1) is 14.9.